The number of benzene rings is 1. The monoisotopic (exact) mass is 341 g/mol. The fraction of sp³-hybridized carbons (Fsp3) is 0.250. The molecule has 0 N–H and O–H groups in total. The quantitative estimate of drug-likeness (QED) is 0.634. The lowest BCUT2D eigenvalue weighted by Gasteiger charge is -2.04. The van der Waals surface area contributed by atoms with Gasteiger partial charge < -0.3 is 0 Å². The van der Waals surface area contributed by atoms with Gasteiger partial charge in [-0.3, -0.25) is 4.79 Å². The zero-order chi connectivity index (χ0) is 12.3. The van der Waals surface area contributed by atoms with Gasteiger partial charge in [-0.25, -0.2) is 4.68 Å². The van der Waals surface area contributed by atoms with Crippen LogP contribution in [0.25, 0.3) is 0 Å². The summed E-state index contributed by atoms with van der Waals surface area (Å²) in [6.07, 6.45) is 2.45. The van der Waals surface area contributed by atoms with Gasteiger partial charge in [0.05, 0.1) is 6.20 Å². The van der Waals surface area contributed by atoms with Gasteiger partial charge in [-0.2, -0.15) is 0 Å². The molecular formula is C12H12IN3O. The molecule has 0 unspecified atom stereocenters. The number of carbonyl (C=O) groups excluding carboxylic acids is 1. The van der Waals surface area contributed by atoms with E-state index in [4.69, 9.17) is 0 Å². The topological polar surface area (TPSA) is 47.8 Å². The summed E-state index contributed by atoms with van der Waals surface area (Å²) >= 11 is 2.19. The average Bonchev–Trinajstić information content (AvgIpc) is 2.77. The van der Waals surface area contributed by atoms with Crippen molar-refractivity contribution in [2.24, 2.45) is 0 Å². The Balaban J connectivity index is 2.33. The maximum Gasteiger partial charge on any atom is 0.212 e. The standard InChI is InChI=1S/C12H12IN3O/c1-2-6-16-11(8-14-15-16)12(17)9-4-3-5-10(13)7-9/h3-5,7-8H,2,6H2,1H3. The van der Waals surface area contributed by atoms with Crippen LogP contribution in [0.5, 0.6) is 0 Å². The molecule has 2 rings (SSSR count). The molecular weight excluding hydrogens is 329 g/mol. The van der Waals surface area contributed by atoms with Crippen LogP contribution in [0.3, 0.4) is 0 Å². The lowest BCUT2D eigenvalue weighted by Crippen LogP contribution is -2.11. The Kier molecular flexibility index (Phi) is 3.88. The van der Waals surface area contributed by atoms with E-state index in [-0.39, 0.29) is 5.78 Å². The highest BCUT2D eigenvalue weighted by atomic mass is 127. The highest BCUT2D eigenvalue weighted by molar-refractivity contribution is 14.1. The molecule has 1 aromatic carbocycles. The van der Waals surface area contributed by atoms with E-state index in [0.29, 0.717) is 17.8 Å². The second-order valence-corrected chi connectivity index (χ2v) is 4.93. The first-order chi connectivity index (χ1) is 8.22. The summed E-state index contributed by atoms with van der Waals surface area (Å²) in [7, 11) is 0. The summed E-state index contributed by atoms with van der Waals surface area (Å²) in [6, 6.07) is 7.52. The molecule has 1 heterocycles. The molecule has 0 aliphatic rings. The van der Waals surface area contributed by atoms with Crippen molar-refractivity contribution in [1.29, 1.82) is 0 Å². The first kappa shape index (κ1) is 12.2. The van der Waals surface area contributed by atoms with E-state index in [9.17, 15) is 4.79 Å². The third-order valence-electron chi connectivity index (χ3n) is 2.37. The number of aryl methyl sites for hydroxylation is 1. The number of halogens is 1. The molecule has 0 atom stereocenters. The molecule has 0 saturated carbocycles. The van der Waals surface area contributed by atoms with Gasteiger partial charge in [-0.15, -0.1) is 5.10 Å². The largest absolute Gasteiger partial charge is 0.287 e. The number of hydrogen-bond acceptors (Lipinski definition) is 3. The molecule has 4 nitrogen and oxygen atoms in total. The molecule has 0 aliphatic carbocycles. The Hall–Kier alpha value is -1.24. The third-order valence-corrected chi connectivity index (χ3v) is 3.04. The summed E-state index contributed by atoms with van der Waals surface area (Å²) in [5.74, 6) is -0.0260. The van der Waals surface area contributed by atoms with Crippen molar-refractivity contribution in [3.8, 4) is 0 Å². The number of hydrogen-bond donors (Lipinski definition) is 0. The molecule has 0 spiro atoms. The van der Waals surface area contributed by atoms with E-state index in [2.05, 4.69) is 32.9 Å². The molecule has 0 aliphatic heterocycles. The molecule has 2 aromatic rings. The predicted molar refractivity (Wildman–Crippen MR) is 72.9 cm³/mol. The summed E-state index contributed by atoms with van der Waals surface area (Å²) in [5, 5.41) is 7.72. The predicted octanol–water partition coefficient (Wildman–Crippen LogP) is 2.52. The molecule has 17 heavy (non-hydrogen) atoms. The highest BCUT2D eigenvalue weighted by Crippen LogP contribution is 2.12. The minimum atomic E-state index is -0.0260. The number of ketones is 1. The molecule has 0 bridgehead atoms. The first-order valence-electron chi connectivity index (χ1n) is 5.41. The van der Waals surface area contributed by atoms with Gasteiger partial charge in [0.25, 0.3) is 0 Å². The van der Waals surface area contributed by atoms with Crippen LogP contribution in [0.2, 0.25) is 0 Å². The number of aromatic nitrogens is 3. The van der Waals surface area contributed by atoms with Crippen molar-refractivity contribution in [2.45, 2.75) is 19.9 Å². The van der Waals surface area contributed by atoms with Crippen molar-refractivity contribution in [2.75, 3.05) is 0 Å². The smallest absolute Gasteiger partial charge is 0.212 e. The van der Waals surface area contributed by atoms with Crippen LogP contribution in [-0.2, 0) is 6.54 Å². The van der Waals surface area contributed by atoms with E-state index in [1.54, 1.807) is 4.68 Å². The van der Waals surface area contributed by atoms with Gasteiger partial charge in [0.1, 0.15) is 5.69 Å². The van der Waals surface area contributed by atoms with Crippen LogP contribution in [0.1, 0.15) is 29.4 Å². The Morgan fingerprint density at radius 3 is 3.00 bits per heavy atom. The molecule has 0 fully saturated rings. The van der Waals surface area contributed by atoms with Crippen molar-refractivity contribution in [1.82, 2.24) is 15.0 Å². The Morgan fingerprint density at radius 2 is 2.29 bits per heavy atom. The minimum absolute atomic E-state index is 0.0260. The van der Waals surface area contributed by atoms with Crippen molar-refractivity contribution in [3.63, 3.8) is 0 Å². The van der Waals surface area contributed by atoms with Crippen molar-refractivity contribution < 1.29 is 4.79 Å². The maximum absolute atomic E-state index is 12.3. The normalized spacial score (nSPS) is 10.5. The second kappa shape index (κ2) is 5.39. The van der Waals surface area contributed by atoms with E-state index >= 15 is 0 Å². The Labute approximate surface area is 113 Å². The fourth-order valence-electron chi connectivity index (χ4n) is 1.59. The fourth-order valence-corrected chi connectivity index (χ4v) is 2.13. The van der Waals surface area contributed by atoms with Crippen LogP contribution in [0.4, 0.5) is 0 Å². The van der Waals surface area contributed by atoms with Crippen LogP contribution in [0.15, 0.2) is 30.5 Å². The van der Waals surface area contributed by atoms with Crippen LogP contribution < -0.4 is 0 Å². The van der Waals surface area contributed by atoms with Gasteiger partial charge >= 0.3 is 0 Å². The highest BCUT2D eigenvalue weighted by Gasteiger charge is 2.14. The van der Waals surface area contributed by atoms with Gasteiger partial charge in [0.15, 0.2) is 0 Å². The zero-order valence-electron chi connectivity index (χ0n) is 9.43. The van der Waals surface area contributed by atoms with Crippen molar-refractivity contribution >= 4 is 28.4 Å². The van der Waals surface area contributed by atoms with E-state index in [1.165, 1.54) is 6.20 Å². The number of rotatable bonds is 4. The molecule has 0 amide bonds. The summed E-state index contributed by atoms with van der Waals surface area (Å²) in [6.45, 7) is 2.76. The number of carbonyl (C=O) groups is 1. The minimum Gasteiger partial charge on any atom is -0.287 e. The van der Waals surface area contributed by atoms with Crippen LogP contribution >= 0.6 is 22.6 Å². The molecule has 0 saturated heterocycles. The van der Waals surface area contributed by atoms with E-state index in [1.807, 2.05) is 31.2 Å². The van der Waals surface area contributed by atoms with Crippen LogP contribution in [0, 0.1) is 3.57 Å². The summed E-state index contributed by atoms with van der Waals surface area (Å²) < 4.78 is 2.70. The van der Waals surface area contributed by atoms with E-state index < -0.39 is 0 Å². The van der Waals surface area contributed by atoms with Gasteiger partial charge in [0, 0.05) is 15.7 Å². The van der Waals surface area contributed by atoms with Crippen molar-refractivity contribution in [3.05, 3.63) is 45.3 Å². The van der Waals surface area contributed by atoms with Gasteiger partial charge in [-0.1, -0.05) is 24.3 Å². The molecule has 5 heteroatoms. The first-order valence-corrected chi connectivity index (χ1v) is 6.49. The molecule has 1 aromatic heterocycles. The average molecular weight is 341 g/mol. The van der Waals surface area contributed by atoms with Crippen LogP contribution in [-0.4, -0.2) is 20.8 Å². The zero-order valence-corrected chi connectivity index (χ0v) is 11.6. The van der Waals surface area contributed by atoms with Gasteiger partial charge in [-0.05, 0) is 41.1 Å². The molecule has 88 valence electrons. The lowest BCUT2D eigenvalue weighted by atomic mass is 10.1. The SMILES string of the molecule is CCCn1nncc1C(=O)c1cccc(I)c1. The Bertz CT molecular complexity index is 536. The van der Waals surface area contributed by atoms with Gasteiger partial charge in [0.2, 0.25) is 5.78 Å². The maximum atomic E-state index is 12.3. The second-order valence-electron chi connectivity index (χ2n) is 3.68. The summed E-state index contributed by atoms with van der Waals surface area (Å²) in [5.41, 5.74) is 1.23. The third kappa shape index (κ3) is 2.71. The Morgan fingerprint density at radius 1 is 1.47 bits per heavy atom. The lowest BCUT2D eigenvalue weighted by molar-refractivity contribution is 0.102. The number of nitrogens with zero attached hydrogens (tertiary/aromatic N) is 3. The molecule has 0 radical (unpaired) electrons. The summed E-state index contributed by atoms with van der Waals surface area (Å²) in [4.78, 5) is 12.3. The van der Waals surface area contributed by atoms with E-state index in [0.717, 1.165) is 9.99 Å².